The number of ketones is 2. The molecular weight excluding hydrogens is 287 g/mol. The van der Waals surface area contributed by atoms with Crippen LogP contribution in [0.2, 0.25) is 0 Å². The summed E-state index contributed by atoms with van der Waals surface area (Å²) in [7, 11) is 0. The van der Waals surface area contributed by atoms with Gasteiger partial charge in [0.05, 0.1) is 4.92 Å². The Bertz CT molecular complexity index is 713. The summed E-state index contributed by atoms with van der Waals surface area (Å²) in [5.41, 5.74) is -1.43. The number of allylic oxidation sites excluding steroid dienone is 6. The zero-order valence-corrected chi connectivity index (χ0v) is 10.2. The molecule has 1 aliphatic heterocycles. The van der Waals surface area contributed by atoms with E-state index < -0.39 is 33.9 Å². The maximum Gasteiger partial charge on any atom is 0.321 e. The molecule has 9 heteroatoms. The van der Waals surface area contributed by atoms with Gasteiger partial charge in [-0.3, -0.25) is 24.9 Å². The van der Waals surface area contributed by atoms with Gasteiger partial charge >= 0.3 is 11.5 Å². The Morgan fingerprint density at radius 3 is 2.52 bits per heavy atom. The fraction of sp³-hybridized carbons (Fsp3) is 0. The molecule has 1 heterocycles. The summed E-state index contributed by atoms with van der Waals surface area (Å²) in [5, 5.41) is 29.7. The molecule has 2 N–H and O–H groups in total. The second-order valence-electron chi connectivity index (χ2n) is 4.01. The molecule has 0 saturated heterocycles. The molecule has 0 saturated carbocycles. The topological polar surface area (TPSA) is 121 Å². The standard InChI is InChI=1S/C12H7FN2O6/c13-10-5-6(1-2-14(10)19)11(17)7-3-8(15(20)21)12(18)9(16)4-7/h1-5,17,19H/b11-6-. The Morgan fingerprint density at radius 2 is 1.95 bits per heavy atom. The molecule has 0 amide bonds. The van der Waals surface area contributed by atoms with Gasteiger partial charge in [0.25, 0.3) is 0 Å². The second-order valence-corrected chi connectivity index (χ2v) is 4.01. The number of carbonyl (C=O) groups excluding carboxylic acids is 2. The van der Waals surface area contributed by atoms with Gasteiger partial charge in [-0.25, -0.2) is 5.06 Å². The molecule has 0 spiro atoms. The normalized spacial score (nSPS) is 20.9. The Morgan fingerprint density at radius 1 is 1.29 bits per heavy atom. The van der Waals surface area contributed by atoms with E-state index in [2.05, 4.69) is 0 Å². The van der Waals surface area contributed by atoms with E-state index in [0.717, 1.165) is 24.4 Å². The number of aliphatic hydroxyl groups is 1. The number of hydrogen-bond donors (Lipinski definition) is 2. The summed E-state index contributed by atoms with van der Waals surface area (Å²) in [6.07, 6.45) is 4.17. The molecule has 21 heavy (non-hydrogen) atoms. The van der Waals surface area contributed by atoms with Crippen LogP contribution in [0.15, 0.2) is 59.1 Å². The highest BCUT2D eigenvalue weighted by Gasteiger charge is 2.33. The van der Waals surface area contributed by atoms with Crippen LogP contribution in [0, 0.1) is 10.1 Å². The number of hydroxylamine groups is 2. The van der Waals surface area contributed by atoms with Gasteiger partial charge in [0.2, 0.25) is 11.7 Å². The summed E-state index contributed by atoms with van der Waals surface area (Å²) in [6.45, 7) is 0. The first-order valence-electron chi connectivity index (χ1n) is 5.45. The molecule has 2 rings (SSSR count). The minimum atomic E-state index is -1.30. The summed E-state index contributed by atoms with van der Waals surface area (Å²) in [4.78, 5) is 32.3. The van der Waals surface area contributed by atoms with Gasteiger partial charge in [-0.1, -0.05) is 0 Å². The minimum Gasteiger partial charge on any atom is -0.507 e. The van der Waals surface area contributed by atoms with E-state index in [9.17, 15) is 29.2 Å². The van der Waals surface area contributed by atoms with Gasteiger partial charge in [0, 0.05) is 35.6 Å². The third-order valence-corrected chi connectivity index (χ3v) is 2.67. The number of aliphatic hydroxyl groups excluding tert-OH is 1. The van der Waals surface area contributed by atoms with Crippen molar-refractivity contribution >= 4 is 11.6 Å². The summed E-state index contributed by atoms with van der Waals surface area (Å²) < 4.78 is 13.2. The van der Waals surface area contributed by atoms with E-state index in [1.807, 2.05) is 0 Å². The first kappa shape index (κ1) is 14.3. The van der Waals surface area contributed by atoms with E-state index in [1.165, 1.54) is 0 Å². The maximum absolute atomic E-state index is 13.2. The Hall–Kier alpha value is -3.07. The number of nitrogens with zero attached hydrogens (tertiary/aromatic N) is 2. The van der Waals surface area contributed by atoms with Gasteiger partial charge in [-0.2, -0.15) is 4.39 Å². The third-order valence-electron chi connectivity index (χ3n) is 2.67. The SMILES string of the molecule is O=C1C=C(/C(O)=C2\C=CN(O)C(F)=C2)C=C([N+](=O)[O-])C1=O. The van der Waals surface area contributed by atoms with Crippen molar-refractivity contribution in [2.45, 2.75) is 0 Å². The molecule has 0 aromatic rings. The molecule has 0 bridgehead atoms. The molecular formula is C12H7FN2O6. The van der Waals surface area contributed by atoms with E-state index >= 15 is 0 Å². The van der Waals surface area contributed by atoms with Crippen LogP contribution in [0.3, 0.4) is 0 Å². The Balaban J connectivity index is 2.49. The van der Waals surface area contributed by atoms with Crippen LogP contribution in [-0.4, -0.2) is 31.9 Å². The van der Waals surface area contributed by atoms with Crippen molar-refractivity contribution in [2.75, 3.05) is 0 Å². The van der Waals surface area contributed by atoms with Crippen LogP contribution in [-0.2, 0) is 9.59 Å². The lowest BCUT2D eigenvalue weighted by atomic mass is 9.98. The van der Waals surface area contributed by atoms with Crippen molar-refractivity contribution in [2.24, 2.45) is 0 Å². The number of hydrogen-bond acceptors (Lipinski definition) is 7. The first-order valence-corrected chi connectivity index (χ1v) is 5.45. The van der Waals surface area contributed by atoms with Gasteiger partial charge in [0.1, 0.15) is 5.76 Å². The lowest BCUT2D eigenvalue weighted by molar-refractivity contribution is -0.418. The fourth-order valence-electron chi connectivity index (χ4n) is 1.64. The second kappa shape index (κ2) is 5.13. The van der Waals surface area contributed by atoms with Crippen molar-refractivity contribution in [3.8, 4) is 0 Å². The maximum atomic E-state index is 13.2. The third kappa shape index (κ3) is 2.62. The number of Topliss-reactive ketones (excluding diaryl/α,β-unsaturated/α-hetero) is 1. The predicted octanol–water partition coefficient (Wildman–Crippen LogP) is 1.07. The summed E-state index contributed by atoms with van der Waals surface area (Å²) >= 11 is 0. The van der Waals surface area contributed by atoms with Crippen LogP contribution < -0.4 is 0 Å². The van der Waals surface area contributed by atoms with Crippen molar-refractivity contribution in [3.63, 3.8) is 0 Å². The molecule has 0 atom stereocenters. The highest BCUT2D eigenvalue weighted by atomic mass is 19.1. The van der Waals surface area contributed by atoms with Crippen LogP contribution in [0.5, 0.6) is 0 Å². The monoisotopic (exact) mass is 294 g/mol. The number of carbonyl (C=O) groups is 2. The number of nitro groups is 1. The zero-order chi connectivity index (χ0) is 15.7. The van der Waals surface area contributed by atoms with Gasteiger partial charge in [0.15, 0.2) is 0 Å². The smallest absolute Gasteiger partial charge is 0.321 e. The molecule has 2 aliphatic rings. The summed E-state index contributed by atoms with van der Waals surface area (Å²) in [6, 6.07) is 0. The molecule has 0 fully saturated rings. The Labute approximate surface area is 116 Å². The van der Waals surface area contributed by atoms with E-state index in [1.54, 1.807) is 0 Å². The molecule has 1 aliphatic carbocycles. The quantitative estimate of drug-likeness (QED) is 0.195. The highest BCUT2D eigenvalue weighted by molar-refractivity contribution is 6.47. The van der Waals surface area contributed by atoms with Gasteiger partial charge < -0.3 is 5.11 Å². The molecule has 0 unspecified atom stereocenters. The highest BCUT2D eigenvalue weighted by Crippen LogP contribution is 2.25. The van der Waals surface area contributed by atoms with Crippen molar-refractivity contribution < 1.29 is 29.2 Å². The van der Waals surface area contributed by atoms with Crippen LogP contribution in [0.1, 0.15) is 0 Å². The van der Waals surface area contributed by atoms with Crippen molar-refractivity contribution in [1.82, 2.24) is 5.06 Å². The molecule has 0 radical (unpaired) electrons. The van der Waals surface area contributed by atoms with Gasteiger partial charge in [-0.15, -0.1) is 0 Å². The van der Waals surface area contributed by atoms with Crippen molar-refractivity contribution in [3.05, 3.63) is 69.2 Å². The first-order chi connectivity index (χ1) is 9.81. The van der Waals surface area contributed by atoms with Crippen molar-refractivity contribution in [1.29, 1.82) is 0 Å². The largest absolute Gasteiger partial charge is 0.507 e. The molecule has 0 aromatic carbocycles. The van der Waals surface area contributed by atoms with Crippen LogP contribution in [0.4, 0.5) is 4.39 Å². The summed E-state index contributed by atoms with van der Waals surface area (Å²) in [5.74, 6) is -4.21. The van der Waals surface area contributed by atoms with Gasteiger partial charge in [-0.05, 0) is 6.08 Å². The molecule has 8 nitrogen and oxygen atoms in total. The fourth-order valence-corrected chi connectivity index (χ4v) is 1.64. The number of halogens is 1. The van der Waals surface area contributed by atoms with E-state index in [0.29, 0.717) is 6.08 Å². The van der Waals surface area contributed by atoms with Crippen LogP contribution in [0.25, 0.3) is 0 Å². The average Bonchev–Trinajstić information content (AvgIpc) is 2.43. The minimum absolute atomic E-state index is 0.134. The lowest BCUT2D eigenvalue weighted by Crippen LogP contribution is -2.23. The lowest BCUT2D eigenvalue weighted by Gasteiger charge is -2.15. The Kier molecular flexibility index (Phi) is 3.51. The number of rotatable bonds is 2. The van der Waals surface area contributed by atoms with E-state index in [4.69, 9.17) is 5.21 Å². The van der Waals surface area contributed by atoms with Crippen LogP contribution >= 0.6 is 0 Å². The molecule has 108 valence electrons. The predicted molar refractivity (Wildman–Crippen MR) is 64.8 cm³/mol. The van der Waals surface area contributed by atoms with E-state index in [-0.39, 0.29) is 16.2 Å². The zero-order valence-electron chi connectivity index (χ0n) is 10.2. The average molecular weight is 294 g/mol. The molecule has 0 aromatic heterocycles.